The fourth-order valence-corrected chi connectivity index (χ4v) is 4.16. The molecule has 4 N–H and O–H groups in total. The number of imidazole rings is 1. The number of hydrogen-bond acceptors (Lipinski definition) is 4. The van der Waals surface area contributed by atoms with Gasteiger partial charge in [-0.05, 0) is 12.3 Å². The van der Waals surface area contributed by atoms with Gasteiger partial charge < -0.3 is 20.7 Å². The molecular weight excluding hydrogens is 444 g/mol. The van der Waals surface area contributed by atoms with Crippen LogP contribution in [0.5, 0.6) is 0 Å². The van der Waals surface area contributed by atoms with Crippen LogP contribution in [0.2, 0.25) is 0 Å². The molecule has 1 heterocycles. The van der Waals surface area contributed by atoms with Gasteiger partial charge in [-0.15, -0.1) is 0 Å². The first-order valence-electron chi connectivity index (χ1n) is 13.6. The number of amides is 2. The number of aromatic amines is 1. The first kappa shape index (κ1) is 30.7. The molecule has 2 atom stereocenters. The van der Waals surface area contributed by atoms with Gasteiger partial charge in [0.05, 0.1) is 12.0 Å². The molecule has 8 heteroatoms. The fraction of sp³-hybridized carbons (Fsp3) is 0.778. The van der Waals surface area contributed by atoms with Crippen molar-refractivity contribution in [2.24, 2.45) is 5.92 Å². The number of hydrogen-bond donors (Lipinski definition) is 4. The van der Waals surface area contributed by atoms with Crippen LogP contribution in [0, 0.1) is 5.92 Å². The van der Waals surface area contributed by atoms with Crippen LogP contribution in [-0.4, -0.2) is 44.9 Å². The van der Waals surface area contributed by atoms with E-state index in [2.05, 4.69) is 27.5 Å². The molecule has 0 saturated heterocycles. The first-order valence-corrected chi connectivity index (χ1v) is 13.6. The Morgan fingerprint density at radius 3 is 1.89 bits per heavy atom. The van der Waals surface area contributed by atoms with Crippen LogP contribution in [-0.2, 0) is 20.8 Å². The minimum atomic E-state index is -1.09. The summed E-state index contributed by atoms with van der Waals surface area (Å²) in [6, 6.07) is -1.88. The predicted molar refractivity (Wildman–Crippen MR) is 139 cm³/mol. The van der Waals surface area contributed by atoms with Crippen molar-refractivity contribution in [2.75, 3.05) is 0 Å². The van der Waals surface area contributed by atoms with Gasteiger partial charge in [0.15, 0.2) is 0 Å². The Morgan fingerprint density at radius 1 is 0.886 bits per heavy atom. The van der Waals surface area contributed by atoms with Crippen LogP contribution in [0.4, 0.5) is 0 Å². The van der Waals surface area contributed by atoms with Crippen molar-refractivity contribution in [3.05, 3.63) is 18.2 Å². The van der Waals surface area contributed by atoms with Crippen LogP contribution in [0.15, 0.2) is 12.5 Å². The molecule has 0 fully saturated rings. The molecule has 1 rings (SSSR count). The SMILES string of the molecule is CCCCCCCCCCCCCCCC(=O)NC(Cc1c[nH]cn1)C(=O)NC(C(=O)O)C(C)C. The molecule has 1 aromatic rings. The molecule has 2 amide bonds. The number of carbonyl (C=O) groups excluding carboxylic acids is 2. The summed E-state index contributed by atoms with van der Waals surface area (Å²) < 4.78 is 0. The normalized spacial score (nSPS) is 12.9. The highest BCUT2D eigenvalue weighted by Crippen LogP contribution is 2.13. The van der Waals surface area contributed by atoms with E-state index in [0.717, 1.165) is 19.3 Å². The Kier molecular flexibility index (Phi) is 16.5. The third-order valence-electron chi connectivity index (χ3n) is 6.36. The Balaban J connectivity index is 2.29. The van der Waals surface area contributed by atoms with Crippen molar-refractivity contribution in [2.45, 2.75) is 129 Å². The maximum atomic E-state index is 12.8. The number of aromatic nitrogens is 2. The summed E-state index contributed by atoms with van der Waals surface area (Å²) in [6.45, 7) is 5.71. The molecule has 0 aliphatic heterocycles. The number of nitrogens with zero attached hydrogens (tertiary/aromatic N) is 1. The summed E-state index contributed by atoms with van der Waals surface area (Å²) in [5.41, 5.74) is 0.628. The van der Waals surface area contributed by atoms with Crippen molar-refractivity contribution < 1.29 is 19.5 Å². The molecule has 200 valence electrons. The van der Waals surface area contributed by atoms with E-state index in [1.54, 1.807) is 20.0 Å². The zero-order chi connectivity index (χ0) is 25.9. The van der Waals surface area contributed by atoms with Crippen molar-refractivity contribution in [3.8, 4) is 0 Å². The maximum Gasteiger partial charge on any atom is 0.326 e. The summed E-state index contributed by atoms with van der Waals surface area (Å²) in [4.78, 5) is 43.7. The molecule has 0 aliphatic carbocycles. The number of carboxylic acids is 1. The average molecular weight is 493 g/mol. The zero-order valence-corrected chi connectivity index (χ0v) is 22.1. The van der Waals surface area contributed by atoms with E-state index in [-0.39, 0.29) is 18.2 Å². The van der Waals surface area contributed by atoms with E-state index in [0.29, 0.717) is 12.1 Å². The van der Waals surface area contributed by atoms with Gasteiger partial charge in [0.25, 0.3) is 0 Å². The quantitative estimate of drug-likeness (QED) is 0.177. The van der Waals surface area contributed by atoms with Gasteiger partial charge in [-0.2, -0.15) is 0 Å². The minimum absolute atomic E-state index is 0.194. The molecule has 0 aliphatic rings. The molecule has 0 aromatic carbocycles. The first-order chi connectivity index (χ1) is 16.8. The third kappa shape index (κ3) is 14.6. The van der Waals surface area contributed by atoms with Gasteiger partial charge in [0.2, 0.25) is 11.8 Å². The van der Waals surface area contributed by atoms with Crippen LogP contribution < -0.4 is 10.6 Å². The Hall–Kier alpha value is -2.38. The largest absolute Gasteiger partial charge is 0.480 e. The van der Waals surface area contributed by atoms with Gasteiger partial charge in [0, 0.05) is 19.0 Å². The van der Waals surface area contributed by atoms with E-state index < -0.39 is 24.0 Å². The smallest absolute Gasteiger partial charge is 0.326 e. The highest BCUT2D eigenvalue weighted by molar-refractivity contribution is 5.90. The molecule has 0 saturated carbocycles. The summed E-state index contributed by atoms with van der Waals surface area (Å²) in [7, 11) is 0. The number of aliphatic carboxylic acids is 1. The molecular formula is C27H48N4O4. The summed E-state index contributed by atoms with van der Waals surface area (Å²) >= 11 is 0. The number of nitrogens with one attached hydrogen (secondary N) is 3. The van der Waals surface area contributed by atoms with E-state index in [1.165, 1.54) is 70.5 Å². The summed E-state index contributed by atoms with van der Waals surface area (Å²) in [5, 5.41) is 14.7. The molecule has 0 radical (unpaired) electrons. The van der Waals surface area contributed by atoms with Gasteiger partial charge in [0.1, 0.15) is 12.1 Å². The monoisotopic (exact) mass is 492 g/mol. The number of H-pyrrole nitrogens is 1. The van der Waals surface area contributed by atoms with Crippen LogP contribution in [0.25, 0.3) is 0 Å². The highest BCUT2D eigenvalue weighted by Gasteiger charge is 2.28. The van der Waals surface area contributed by atoms with Crippen LogP contribution >= 0.6 is 0 Å². The molecule has 8 nitrogen and oxygen atoms in total. The van der Waals surface area contributed by atoms with Crippen molar-refractivity contribution in [1.82, 2.24) is 20.6 Å². The van der Waals surface area contributed by atoms with E-state index in [4.69, 9.17) is 0 Å². The van der Waals surface area contributed by atoms with E-state index in [1.807, 2.05) is 0 Å². The molecule has 0 spiro atoms. The topological polar surface area (TPSA) is 124 Å². The fourth-order valence-electron chi connectivity index (χ4n) is 4.16. The molecule has 35 heavy (non-hydrogen) atoms. The Bertz CT molecular complexity index is 706. The Labute approximate surface area is 211 Å². The predicted octanol–water partition coefficient (Wildman–Crippen LogP) is 5.14. The van der Waals surface area contributed by atoms with Gasteiger partial charge in [-0.3, -0.25) is 9.59 Å². The number of carboxylic acid groups (broad SMARTS) is 1. The van der Waals surface area contributed by atoms with Gasteiger partial charge in [-0.1, -0.05) is 97.8 Å². The van der Waals surface area contributed by atoms with Gasteiger partial charge >= 0.3 is 5.97 Å². The third-order valence-corrected chi connectivity index (χ3v) is 6.36. The van der Waals surface area contributed by atoms with Crippen molar-refractivity contribution in [1.29, 1.82) is 0 Å². The lowest BCUT2D eigenvalue weighted by molar-refractivity contribution is -0.143. The summed E-state index contributed by atoms with van der Waals surface area (Å²) in [5.74, 6) is -2.07. The van der Waals surface area contributed by atoms with Crippen LogP contribution in [0.1, 0.15) is 116 Å². The molecule has 0 bridgehead atoms. The lowest BCUT2D eigenvalue weighted by Gasteiger charge is -2.23. The lowest BCUT2D eigenvalue weighted by atomic mass is 10.0. The number of rotatable bonds is 21. The zero-order valence-electron chi connectivity index (χ0n) is 22.1. The standard InChI is InChI=1S/C27H48N4O4/c1-4-5-6-7-8-9-10-11-12-13-14-15-16-17-24(32)30-23(18-22-19-28-20-29-22)26(33)31-25(21(2)3)27(34)35/h19-21,23,25H,4-18H2,1-3H3,(H,28,29)(H,30,32)(H,31,33)(H,34,35). The highest BCUT2D eigenvalue weighted by atomic mass is 16.4. The number of unbranched alkanes of at least 4 members (excludes halogenated alkanes) is 12. The average Bonchev–Trinajstić information content (AvgIpc) is 3.32. The van der Waals surface area contributed by atoms with Gasteiger partial charge in [-0.25, -0.2) is 9.78 Å². The number of carbonyl (C=O) groups is 3. The second-order valence-corrected chi connectivity index (χ2v) is 9.95. The second kappa shape index (κ2) is 18.9. The van der Waals surface area contributed by atoms with E-state index in [9.17, 15) is 19.5 Å². The molecule has 2 unspecified atom stereocenters. The van der Waals surface area contributed by atoms with Crippen molar-refractivity contribution in [3.63, 3.8) is 0 Å². The maximum absolute atomic E-state index is 12.8. The minimum Gasteiger partial charge on any atom is -0.480 e. The Morgan fingerprint density at radius 2 is 1.43 bits per heavy atom. The second-order valence-electron chi connectivity index (χ2n) is 9.95. The van der Waals surface area contributed by atoms with Crippen molar-refractivity contribution >= 4 is 17.8 Å². The lowest BCUT2D eigenvalue weighted by Crippen LogP contribution is -2.53. The van der Waals surface area contributed by atoms with E-state index >= 15 is 0 Å². The molecule has 1 aromatic heterocycles. The van der Waals surface area contributed by atoms with Crippen LogP contribution in [0.3, 0.4) is 0 Å². The summed E-state index contributed by atoms with van der Waals surface area (Å²) in [6.07, 6.45) is 19.8.